The molecule has 0 bridgehead atoms. The van der Waals surface area contributed by atoms with Crippen molar-refractivity contribution < 1.29 is 32.8 Å². The van der Waals surface area contributed by atoms with Gasteiger partial charge in [0.25, 0.3) is 0 Å². The van der Waals surface area contributed by atoms with E-state index in [-0.39, 0.29) is 12.0 Å². The molecule has 5 nitrogen and oxygen atoms in total. The van der Waals surface area contributed by atoms with E-state index in [0.717, 1.165) is 12.1 Å². The zero-order chi connectivity index (χ0) is 15.6. The Balaban J connectivity index is 3.16. The van der Waals surface area contributed by atoms with Crippen LogP contribution >= 0.6 is 0 Å². The Kier molecular flexibility index (Phi) is 4.67. The lowest BCUT2D eigenvalue weighted by atomic mass is 9.93. The maximum absolute atomic E-state index is 12.8. The van der Waals surface area contributed by atoms with Crippen LogP contribution in [0.25, 0.3) is 0 Å². The van der Waals surface area contributed by atoms with Crippen molar-refractivity contribution in [3.63, 3.8) is 0 Å². The minimum Gasteiger partial charge on any atom is -0.538 e. The van der Waals surface area contributed by atoms with E-state index < -0.39 is 36.7 Å². The summed E-state index contributed by atoms with van der Waals surface area (Å²) in [5, 5.41) is 17.4. The predicted molar refractivity (Wildman–Crippen MR) is 65.4 cm³/mol. The highest BCUT2D eigenvalue weighted by molar-refractivity contribution is 6.17. The Bertz CT molecular complexity index is 505. The Morgan fingerprint density at radius 3 is 2.50 bits per heavy atom. The zero-order valence-electron chi connectivity index (χ0n) is 10.6. The van der Waals surface area contributed by atoms with Gasteiger partial charge in [-0.3, -0.25) is 4.79 Å². The van der Waals surface area contributed by atoms with E-state index >= 15 is 0 Å². The Hall–Kier alpha value is -1.74. The molecule has 0 saturated heterocycles. The van der Waals surface area contributed by atoms with Gasteiger partial charge in [-0.05, 0) is 24.6 Å². The molecule has 0 aliphatic heterocycles. The summed E-state index contributed by atoms with van der Waals surface area (Å²) in [6.07, 6.45) is -4.96. The van der Waals surface area contributed by atoms with Gasteiger partial charge < -0.3 is 20.5 Å². The average molecular weight is 291 g/mol. The fourth-order valence-electron chi connectivity index (χ4n) is 1.60. The molecule has 4 N–H and O–H groups in total. The molecule has 0 spiro atoms. The van der Waals surface area contributed by atoms with E-state index in [1.807, 2.05) is 0 Å². The number of nitrogens with two attached hydrogens (primary N) is 1. The maximum atomic E-state index is 12.8. The van der Waals surface area contributed by atoms with Crippen molar-refractivity contribution in [1.82, 2.24) is 0 Å². The van der Waals surface area contributed by atoms with Gasteiger partial charge in [-0.1, -0.05) is 6.07 Å². The number of benzene rings is 1. The molecule has 110 valence electrons. The summed E-state index contributed by atoms with van der Waals surface area (Å²) < 4.78 is 43.0. The fraction of sp³-hybridized carbons (Fsp3) is 0.364. The van der Waals surface area contributed by atoms with Crippen LogP contribution in [0.3, 0.4) is 0 Å². The molecular formula is C11H13BF3NO4. The van der Waals surface area contributed by atoms with Crippen LogP contribution in [-0.2, 0) is 17.4 Å². The first kappa shape index (κ1) is 16.3. The molecule has 0 unspecified atom stereocenters. The van der Waals surface area contributed by atoms with Crippen molar-refractivity contribution in [1.29, 1.82) is 0 Å². The third-order valence-corrected chi connectivity index (χ3v) is 2.63. The Morgan fingerprint density at radius 1 is 1.45 bits per heavy atom. The van der Waals surface area contributed by atoms with Crippen LogP contribution in [0.2, 0.25) is 0 Å². The fourth-order valence-corrected chi connectivity index (χ4v) is 1.60. The predicted octanol–water partition coefficient (Wildman–Crippen LogP) is 0.688. The standard InChI is InChI=1S/C11H13BF3NO4/c1-10(16,9(17)18)5-6-2-3-8(20-12-19)7(4-6)11(13,14)15/h2-4,12,19H,5,16H2,1H3,(H,17,18)/t10-/m1/s1. The van der Waals surface area contributed by atoms with Gasteiger partial charge in [0.05, 0.1) is 5.56 Å². The van der Waals surface area contributed by atoms with Crippen molar-refractivity contribution >= 4 is 13.7 Å². The monoisotopic (exact) mass is 291 g/mol. The smallest absolute Gasteiger partial charge is 0.504 e. The minimum atomic E-state index is -4.69. The third kappa shape index (κ3) is 3.88. The highest BCUT2D eigenvalue weighted by Gasteiger charge is 2.35. The zero-order valence-corrected chi connectivity index (χ0v) is 10.6. The van der Waals surface area contributed by atoms with Crippen molar-refractivity contribution in [2.45, 2.75) is 25.1 Å². The molecular weight excluding hydrogens is 278 g/mol. The SMILES string of the molecule is C[C@@](N)(Cc1ccc(OBO)c(C(F)(F)F)c1)C(=O)O. The Labute approximate surface area is 113 Å². The normalized spacial score (nSPS) is 14.5. The molecule has 9 heteroatoms. The Morgan fingerprint density at radius 2 is 2.05 bits per heavy atom. The minimum absolute atomic E-state index is 0.106. The van der Waals surface area contributed by atoms with Gasteiger partial charge in [-0.25, -0.2) is 0 Å². The van der Waals surface area contributed by atoms with Crippen LogP contribution in [0, 0.1) is 0 Å². The molecule has 0 aromatic heterocycles. The summed E-state index contributed by atoms with van der Waals surface area (Å²) in [7, 11) is -0.897. The van der Waals surface area contributed by atoms with Crippen molar-refractivity contribution in [2.24, 2.45) is 5.73 Å². The number of hydrogen-bond donors (Lipinski definition) is 3. The number of hydrogen-bond acceptors (Lipinski definition) is 4. The molecule has 0 fully saturated rings. The van der Waals surface area contributed by atoms with Gasteiger partial charge in [0.1, 0.15) is 11.3 Å². The largest absolute Gasteiger partial charge is 0.538 e. The summed E-state index contributed by atoms with van der Waals surface area (Å²) in [5.41, 5.74) is 2.83. The summed E-state index contributed by atoms with van der Waals surface area (Å²) >= 11 is 0. The van der Waals surface area contributed by atoms with E-state index in [0.29, 0.717) is 0 Å². The van der Waals surface area contributed by atoms with Crippen molar-refractivity contribution in [3.8, 4) is 5.75 Å². The lowest BCUT2D eigenvalue weighted by Gasteiger charge is -2.20. The average Bonchev–Trinajstić information content (AvgIpc) is 2.29. The molecule has 1 aromatic rings. The molecule has 0 heterocycles. The molecule has 0 saturated carbocycles. The molecule has 1 rings (SSSR count). The van der Waals surface area contributed by atoms with Gasteiger partial charge in [-0.15, -0.1) is 0 Å². The number of rotatable bonds is 5. The third-order valence-electron chi connectivity index (χ3n) is 2.63. The van der Waals surface area contributed by atoms with Gasteiger partial charge in [-0.2, -0.15) is 13.2 Å². The number of carboxylic acid groups (broad SMARTS) is 1. The van der Waals surface area contributed by atoms with E-state index in [4.69, 9.17) is 15.9 Å². The van der Waals surface area contributed by atoms with E-state index in [9.17, 15) is 18.0 Å². The maximum Gasteiger partial charge on any atom is 0.504 e. The van der Waals surface area contributed by atoms with Crippen LogP contribution < -0.4 is 10.4 Å². The summed E-state index contributed by atoms with van der Waals surface area (Å²) in [5.74, 6) is -1.85. The number of aliphatic carboxylic acids is 1. The second-order valence-electron chi connectivity index (χ2n) is 4.50. The molecule has 0 aliphatic carbocycles. The van der Waals surface area contributed by atoms with Gasteiger partial charge in [0.2, 0.25) is 0 Å². The molecule has 20 heavy (non-hydrogen) atoms. The number of carbonyl (C=O) groups is 1. The quantitative estimate of drug-likeness (QED) is 0.694. The van der Waals surface area contributed by atoms with Crippen molar-refractivity contribution in [3.05, 3.63) is 29.3 Å². The van der Waals surface area contributed by atoms with Crippen LogP contribution in [-0.4, -0.2) is 29.3 Å². The van der Waals surface area contributed by atoms with Gasteiger partial charge in [0.15, 0.2) is 0 Å². The number of carboxylic acids is 1. The number of alkyl halides is 3. The van der Waals surface area contributed by atoms with Crippen LogP contribution in [0.5, 0.6) is 5.75 Å². The molecule has 0 amide bonds. The molecule has 0 radical (unpaired) electrons. The highest BCUT2D eigenvalue weighted by atomic mass is 19.4. The van der Waals surface area contributed by atoms with Crippen LogP contribution in [0.15, 0.2) is 18.2 Å². The van der Waals surface area contributed by atoms with E-state index in [2.05, 4.69) is 4.65 Å². The first-order chi connectivity index (χ1) is 9.08. The van der Waals surface area contributed by atoms with Crippen LogP contribution in [0.4, 0.5) is 13.2 Å². The first-order valence-electron chi connectivity index (χ1n) is 5.54. The summed E-state index contributed by atoms with van der Waals surface area (Å²) in [4.78, 5) is 10.9. The lowest BCUT2D eigenvalue weighted by molar-refractivity contribution is -0.142. The highest BCUT2D eigenvalue weighted by Crippen LogP contribution is 2.37. The summed E-state index contributed by atoms with van der Waals surface area (Å²) in [6, 6.07) is 3.06. The van der Waals surface area contributed by atoms with Gasteiger partial charge >= 0.3 is 19.8 Å². The topological polar surface area (TPSA) is 92.8 Å². The van der Waals surface area contributed by atoms with Crippen molar-refractivity contribution in [2.75, 3.05) is 0 Å². The molecule has 1 aromatic carbocycles. The molecule has 1 atom stereocenters. The lowest BCUT2D eigenvalue weighted by Crippen LogP contribution is -2.46. The van der Waals surface area contributed by atoms with E-state index in [1.165, 1.54) is 13.0 Å². The van der Waals surface area contributed by atoms with Gasteiger partial charge in [0, 0.05) is 6.42 Å². The van der Waals surface area contributed by atoms with Crippen LogP contribution in [0.1, 0.15) is 18.1 Å². The van der Waals surface area contributed by atoms with E-state index in [1.54, 1.807) is 0 Å². The molecule has 0 aliphatic rings. The second kappa shape index (κ2) is 5.72. The number of halogens is 3. The summed E-state index contributed by atoms with van der Waals surface area (Å²) in [6.45, 7) is 1.21. The first-order valence-corrected chi connectivity index (χ1v) is 5.54. The second-order valence-corrected chi connectivity index (χ2v) is 4.50.